The van der Waals surface area contributed by atoms with Crippen molar-refractivity contribution in [2.75, 3.05) is 13.2 Å². The van der Waals surface area contributed by atoms with E-state index in [1.54, 1.807) is 0 Å². The van der Waals surface area contributed by atoms with E-state index in [0.717, 1.165) is 38.5 Å². The summed E-state index contributed by atoms with van der Waals surface area (Å²) in [5.74, 6) is -6.03. The Morgan fingerprint density at radius 2 is 0.533 bits per heavy atom. The summed E-state index contributed by atoms with van der Waals surface area (Å²) in [7, 11) is 0. The molecule has 0 N–H and O–H groups in total. The number of aliphatic carboxylic acids is 2. The van der Waals surface area contributed by atoms with Crippen molar-refractivity contribution >= 4 is 61.6 Å². The Balaban J connectivity index is -0.000000767. The average Bonchev–Trinajstić information content (AvgIpc) is 3.01. The largest absolute Gasteiger partial charge is 2.00 e. The van der Waals surface area contributed by atoms with Crippen molar-refractivity contribution in [1.29, 1.82) is 0 Å². The third-order valence-electron chi connectivity index (χ3n) is 7.80. The second-order valence-electron chi connectivity index (χ2n) is 12.0. The number of carbonyl (C=O) groups excluding carboxylic acids is 4. The van der Waals surface area contributed by atoms with Crippen molar-refractivity contribution in [1.82, 2.24) is 0 Å². The van der Waals surface area contributed by atoms with E-state index in [0.29, 0.717) is 0 Å². The fourth-order valence-electron chi connectivity index (χ4n) is 5.04. The first-order chi connectivity index (χ1) is 21.4. The molecule has 0 fully saturated rings. The molecule has 0 aliphatic rings. The molecule has 9 heteroatoms. The van der Waals surface area contributed by atoms with Crippen LogP contribution in [0.3, 0.4) is 0 Å². The first kappa shape index (κ1) is 48.5. The minimum absolute atomic E-state index is 0. The maximum Gasteiger partial charge on any atom is 2.00 e. The Labute approximate surface area is 305 Å². The number of carboxylic acids is 2. The van der Waals surface area contributed by atoms with E-state index >= 15 is 0 Å². The fraction of sp³-hybridized carbons (Fsp3) is 0.889. The number of carbonyl (C=O) groups is 4. The van der Waals surface area contributed by atoms with Gasteiger partial charge in [-0.25, -0.2) is 9.59 Å². The summed E-state index contributed by atoms with van der Waals surface area (Å²) in [6.45, 7) is 4.87. The second-order valence-corrected chi connectivity index (χ2v) is 12.0. The van der Waals surface area contributed by atoms with Crippen molar-refractivity contribution in [3.05, 3.63) is 0 Å². The summed E-state index contributed by atoms with van der Waals surface area (Å²) >= 11 is 0. The van der Waals surface area contributed by atoms with Crippen LogP contribution in [0, 0.1) is 0 Å². The molecule has 0 unspecified atom stereocenters. The zero-order valence-electron chi connectivity index (χ0n) is 29.2. The Bertz CT molecular complexity index is 615. The normalized spacial score (nSPS) is 10.4. The third-order valence-corrected chi connectivity index (χ3v) is 7.80. The van der Waals surface area contributed by atoms with Gasteiger partial charge in [0, 0.05) is 0 Å². The number of ether oxygens (including phenoxy) is 2. The number of rotatable bonds is 30. The first-order valence-corrected chi connectivity index (χ1v) is 18.1. The Kier molecular flexibility index (Phi) is 44.4. The number of hydrogen-bond donors (Lipinski definition) is 0. The van der Waals surface area contributed by atoms with E-state index in [2.05, 4.69) is 23.3 Å². The molecule has 0 aromatic heterocycles. The van der Waals surface area contributed by atoms with E-state index in [1.165, 1.54) is 141 Å². The topological polar surface area (TPSA) is 133 Å². The fourth-order valence-corrected chi connectivity index (χ4v) is 5.04. The summed E-state index contributed by atoms with van der Waals surface area (Å²) in [5.41, 5.74) is 0. The van der Waals surface area contributed by atoms with Gasteiger partial charge in [-0.2, -0.15) is 0 Å². The van der Waals surface area contributed by atoms with E-state index in [9.17, 15) is 29.4 Å². The van der Waals surface area contributed by atoms with E-state index in [1.807, 2.05) is 0 Å². The summed E-state index contributed by atoms with van der Waals surface area (Å²) in [6, 6.07) is 0. The van der Waals surface area contributed by atoms with E-state index in [-0.39, 0.29) is 51.0 Å². The van der Waals surface area contributed by atoms with Gasteiger partial charge < -0.3 is 29.3 Å². The molecule has 0 aliphatic carbocycles. The molecule has 0 bridgehead atoms. The minimum atomic E-state index is -1.76. The summed E-state index contributed by atoms with van der Waals surface area (Å²) in [5, 5.41) is 20.2. The van der Waals surface area contributed by atoms with Gasteiger partial charge in [-0.05, 0) is 12.8 Å². The van der Waals surface area contributed by atoms with Crippen LogP contribution in [0.25, 0.3) is 0 Å². The summed E-state index contributed by atoms with van der Waals surface area (Å²) in [6.07, 6.45) is 35.2. The predicted octanol–water partition coefficient (Wildman–Crippen LogP) is 7.14. The van der Waals surface area contributed by atoms with Crippen LogP contribution in [0.5, 0.6) is 0 Å². The van der Waals surface area contributed by atoms with Crippen molar-refractivity contribution < 1.29 is 38.9 Å². The zero-order valence-corrected chi connectivity index (χ0v) is 31.4. The van der Waals surface area contributed by atoms with E-state index < -0.39 is 23.9 Å². The molecular formula is C36H66CaO8. The monoisotopic (exact) mass is 666 g/mol. The first-order valence-electron chi connectivity index (χ1n) is 18.1. The number of esters is 2. The molecule has 0 saturated carbocycles. The zero-order chi connectivity index (χ0) is 32.9. The quantitative estimate of drug-likeness (QED) is 0.0342. The molecule has 0 atom stereocenters. The van der Waals surface area contributed by atoms with Crippen LogP contribution in [-0.2, 0) is 28.7 Å². The van der Waals surface area contributed by atoms with Crippen LogP contribution < -0.4 is 10.2 Å². The molecule has 0 aromatic rings. The molecule has 0 aliphatic heterocycles. The van der Waals surface area contributed by atoms with Gasteiger partial charge in [0.1, 0.15) is 0 Å². The van der Waals surface area contributed by atoms with Gasteiger partial charge in [0.15, 0.2) is 11.9 Å². The maximum absolute atomic E-state index is 10.6. The molecule has 0 radical (unpaired) electrons. The number of carboxylic acid groups (broad SMARTS) is 2. The number of hydrogen-bond acceptors (Lipinski definition) is 8. The summed E-state index contributed by atoms with van der Waals surface area (Å²) < 4.78 is 9.02. The van der Waals surface area contributed by atoms with Gasteiger partial charge in [0.2, 0.25) is 0 Å². The van der Waals surface area contributed by atoms with Crippen molar-refractivity contribution in [3.8, 4) is 0 Å². The Morgan fingerprint density at radius 1 is 0.356 bits per heavy atom. The minimum Gasteiger partial charge on any atom is -0.539 e. The summed E-state index contributed by atoms with van der Waals surface area (Å²) in [4.78, 5) is 41.4. The Morgan fingerprint density at radius 3 is 0.711 bits per heavy atom. The number of unbranched alkanes of at least 4 members (excludes halogenated alkanes) is 26. The van der Waals surface area contributed by atoms with Crippen LogP contribution in [0.15, 0.2) is 0 Å². The van der Waals surface area contributed by atoms with Gasteiger partial charge in [-0.1, -0.05) is 181 Å². The van der Waals surface area contributed by atoms with Crippen LogP contribution in [0.2, 0.25) is 0 Å². The molecule has 0 rings (SSSR count). The van der Waals surface area contributed by atoms with Crippen LogP contribution in [0.1, 0.15) is 194 Å². The van der Waals surface area contributed by atoms with Gasteiger partial charge in [0.05, 0.1) is 13.2 Å². The van der Waals surface area contributed by atoms with Crippen LogP contribution >= 0.6 is 0 Å². The molecule has 0 amide bonds. The molecule has 0 spiro atoms. The SMILES string of the molecule is CCCCCCCCCCCCCCCCOC(=O)C(=O)[O-].CCCCCCCCCCCCCCCCOC(=O)C(=O)[O-].[Ca+2]. The van der Waals surface area contributed by atoms with Crippen LogP contribution in [-0.4, -0.2) is 74.8 Å². The molecule has 0 heterocycles. The molecule has 0 aromatic carbocycles. The molecule has 8 nitrogen and oxygen atoms in total. The average molecular weight is 667 g/mol. The van der Waals surface area contributed by atoms with Crippen molar-refractivity contribution in [3.63, 3.8) is 0 Å². The van der Waals surface area contributed by atoms with E-state index in [4.69, 9.17) is 0 Å². The molecule has 45 heavy (non-hydrogen) atoms. The van der Waals surface area contributed by atoms with Crippen molar-refractivity contribution in [2.45, 2.75) is 194 Å². The maximum atomic E-state index is 10.6. The smallest absolute Gasteiger partial charge is 0.539 e. The van der Waals surface area contributed by atoms with Gasteiger partial charge >= 0.3 is 49.7 Å². The van der Waals surface area contributed by atoms with Crippen molar-refractivity contribution in [2.24, 2.45) is 0 Å². The molecule has 0 saturated heterocycles. The third kappa shape index (κ3) is 43.1. The van der Waals surface area contributed by atoms with Gasteiger partial charge in [-0.15, -0.1) is 0 Å². The van der Waals surface area contributed by atoms with Gasteiger partial charge in [-0.3, -0.25) is 0 Å². The Hall–Kier alpha value is -0.860. The second kappa shape index (κ2) is 41.2. The predicted molar refractivity (Wildman–Crippen MR) is 178 cm³/mol. The van der Waals surface area contributed by atoms with Gasteiger partial charge in [0.25, 0.3) is 0 Å². The molecule has 260 valence electrons. The molecular weight excluding hydrogens is 600 g/mol. The van der Waals surface area contributed by atoms with Crippen LogP contribution in [0.4, 0.5) is 0 Å². The standard InChI is InChI=1S/2C18H34O4.Ca/c2*1-2-3-4-5-6-7-8-9-10-11-12-13-14-15-16-22-18(21)17(19)20;/h2*2-16H2,1H3,(H,19,20);/q;;+2/p-2.